The lowest BCUT2D eigenvalue weighted by Crippen LogP contribution is -1.95. The van der Waals surface area contributed by atoms with Crippen LogP contribution in [0.1, 0.15) is 5.69 Å². The van der Waals surface area contributed by atoms with Gasteiger partial charge in [-0.15, -0.1) is 11.3 Å². The van der Waals surface area contributed by atoms with E-state index in [-0.39, 0.29) is 0 Å². The number of hydrogen-bond acceptors (Lipinski definition) is 5. The second kappa shape index (κ2) is 6.83. The van der Waals surface area contributed by atoms with Crippen LogP contribution >= 0.6 is 11.3 Å². The van der Waals surface area contributed by atoms with Crippen LogP contribution < -0.4 is 5.32 Å². The van der Waals surface area contributed by atoms with Crippen molar-refractivity contribution in [3.05, 3.63) is 78.1 Å². The van der Waals surface area contributed by atoms with Crippen molar-refractivity contribution in [1.82, 2.24) is 15.0 Å². The number of thiazole rings is 1. The molecule has 2 aromatic carbocycles. The van der Waals surface area contributed by atoms with E-state index in [1.165, 1.54) is 0 Å². The van der Waals surface area contributed by atoms with E-state index in [4.69, 9.17) is 4.98 Å². The maximum Gasteiger partial charge on any atom is 0.133 e. The van der Waals surface area contributed by atoms with Crippen molar-refractivity contribution in [3.8, 4) is 21.8 Å². The predicted octanol–water partition coefficient (Wildman–Crippen LogP) is 5.32. The van der Waals surface area contributed by atoms with Crippen molar-refractivity contribution < 1.29 is 0 Å². The molecule has 0 saturated heterocycles. The number of hydrogen-bond donors (Lipinski definition) is 1. The second-order valence-electron chi connectivity index (χ2n) is 5.65. The third-order valence-corrected chi connectivity index (χ3v) is 4.67. The molecule has 0 atom stereocenters. The third kappa shape index (κ3) is 3.56. The van der Waals surface area contributed by atoms with Crippen LogP contribution in [-0.2, 0) is 0 Å². The van der Waals surface area contributed by atoms with E-state index in [2.05, 4.69) is 44.9 Å². The molecule has 4 aromatic rings. The Balaban J connectivity index is 1.53. The number of benzene rings is 2. The average Bonchev–Trinajstić information content (AvgIpc) is 3.13. The van der Waals surface area contributed by atoms with Crippen LogP contribution in [0.2, 0.25) is 0 Å². The van der Waals surface area contributed by atoms with E-state index in [1.807, 2.05) is 43.3 Å². The number of aromatic nitrogens is 3. The topological polar surface area (TPSA) is 50.7 Å². The van der Waals surface area contributed by atoms with Gasteiger partial charge in [0.15, 0.2) is 0 Å². The molecule has 4 rings (SSSR count). The van der Waals surface area contributed by atoms with Crippen molar-refractivity contribution in [2.45, 2.75) is 6.92 Å². The highest BCUT2D eigenvalue weighted by molar-refractivity contribution is 7.13. The summed E-state index contributed by atoms with van der Waals surface area (Å²) >= 11 is 1.66. The zero-order valence-electron chi connectivity index (χ0n) is 13.7. The summed E-state index contributed by atoms with van der Waals surface area (Å²) in [5.74, 6) is 0.792. The Morgan fingerprint density at radius 2 is 1.68 bits per heavy atom. The summed E-state index contributed by atoms with van der Waals surface area (Å²) in [4.78, 5) is 13.1. The van der Waals surface area contributed by atoms with E-state index < -0.39 is 0 Å². The van der Waals surface area contributed by atoms with Crippen LogP contribution in [0.5, 0.6) is 0 Å². The zero-order valence-corrected chi connectivity index (χ0v) is 14.5. The Labute approximate surface area is 150 Å². The van der Waals surface area contributed by atoms with Gasteiger partial charge in [-0.05, 0) is 19.1 Å². The SMILES string of the molecule is Cc1cc(Nc2ccc(-c3csc(-c4ccccc4)n3)cc2)ncn1. The van der Waals surface area contributed by atoms with Crippen LogP contribution in [-0.4, -0.2) is 15.0 Å². The van der Waals surface area contributed by atoms with Crippen LogP contribution in [0.15, 0.2) is 72.4 Å². The Morgan fingerprint density at radius 1 is 0.880 bits per heavy atom. The van der Waals surface area contributed by atoms with Gasteiger partial charge in [0.1, 0.15) is 17.2 Å². The second-order valence-corrected chi connectivity index (χ2v) is 6.51. The summed E-state index contributed by atoms with van der Waals surface area (Å²) in [5.41, 5.74) is 5.16. The number of anilines is 2. The predicted molar refractivity (Wildman–Crippen MR) is 103 cm³/mol. The van der Waals surface area contributed by atoms with Crippen LogP contribution in [0.25, 0.3) is 21.8 Å². The summed E-state index contributed by atoms with van der Waals surface area (Å²) < 4.78 is 0. The molecule has 0 saturated carbocycles. The van der Waals surface area contributed by atoms with Crippen molar-refractivity contribution in [1.29, 1.82) is 0 Å². The summed E-state index contributed by atoms with van der Waals surface area (Å²) in [6.07, 6.45) is 1.56. The normalized spacial score (nSPS) is 10.6. The van der Waals surface area contributed by atoms with Crippen molar-refractivity contribution in [2.24, 2.45) is 0 Å². The lowest BCUT2D eigenvalue weighted by atomic mass is 10.1. The number of rotatable bonds is 4. The van der Waals surface area contributed by atoms with Gasteiger partial charge < -0.3 is 5.32 Å². The van der Waals surface area contributed by atoms with E-state index >= 15 is 0 Å². The molecule has 122 valence electrons. The maximum absolute atomic E-state index is 4.75. The van der Waals surface area contributed by atoms with Gasteiger partial charge in [0.25, 0.3) is 0 Å². The van der Waals surface area contributed by atoms with Gasteiger partial charge in [-0.3, -0.25) is 0 Å². The smallest absolute Gasteiger partial charge is 0.133 e. The Kier molecular flexibility index (Phi) is 4.23. The highest BCUT2D eigenvalue weighted by Gasteiger charge is 2.06. The molecule has 0 unspecified atom stereocenters. The van der Waals surface area contributed by atoms with Gasteiger partial charge in [-0.25, -0.2) is 15.0 Å². The molecule has 2 aromatic heterocycles. The minimum atomic E-state index is 0.792. The average molecular weight is 344 g/mol. The highest BCUT2D eigenvalue weighted by Crippen LogP contribution is 2.29. The first-order valence-corrected chi connectivity index (χ1v) is 8.83. The van der Waals surface area contributed by atoms with Crippen LogP contribution in [0.3, 0.4) is 0 Å². The number of nitrogens with zero attached hydrogens (tertiary/aromatic N) is 3. The standard InChI is InChI=1S/C20H16N4S/c1-14-11-19(22-13-21-14)23-17-9-7-15(8-10-17)18-12-25-20(24-18)16-5-3-2-4-6-16/h2-13H,1H3,(H,21,22,23). The molecular formula is C20H16N4S. The lowest BCUT2D eigenvalue weighted by Gasteiger charge is -2.06. The molecule has 0 aliphatic heterocycles. The van der Waals surface area contributed by atoms with Crippen molar-refractivity contribution in [3.63, 3.8) is 0 Å². The van der Waals surface area contributed by atoms with Gasteiger partial charge in [-0.1, -0.05) is 42.5 Å². The van der Waals surface area contributed by atoms with Gasteiger partial charge in [0.2, 0.25) is 0 Å². The van der Waals surface area contributed by atoms with Gasteiger partial charge in [-0.2, -0.15) is 0 Å². The summed E-state index contributed by atoms with van der Waals surface area (Å²) in [6.45, 7) is 1.95. The first-order chi connectivity index (χ1) is 12.3. The Morgan fingerprint density at radius 3 is 2.44 bits per heavy atom. The van der Waals surface area contributed by atoms with Gasteiger partial charge in [0, 0.05) is 34.0 Å². The fourth-order valence-corrected chi connectivity index (χ4v) is 3.35. The summed E-state index contributed by atoms with van der Waals surface area (Å²) in [6, 6.07) is 20.4. The Hall–Kier alpha value is -3.05. The molecule has 1 N–H and O–H groups in total. The zero-order chi connectivity index (χ0) is 17.1. The van der Waals surface area contributed by atoms with Gasteiger partial charge in [0.05, 0.1) is 5.69 Å². The monoisotopic (exact) mass is 344 g/mol. The van der Waals surface area contributed by atoms with Crippen LogP contribution in [0.4, 0.5) is 11.5 Å². The van der Waals surface area contributed by atoms with E-state index in [9.17, 15) is 0 Å². The molecule has 0 bridgehead atoms. The molecule has 25 heavy (non-hydrogen) atoms. The van der Waals surface area contributed by atoms with E-state index in [1.54, 1.807) is 17.7 Å². The quantitative estimate of drug-likeness (QED) is 0.544. The van der Waals surface area contributed by atoms with Gasteiger partial charge >= 0.3 is 0 Å². The molecule has 0 spiro atoms. The van der Waals surface area contributed by atoms with E-state index in [0.717, 1.165) is 39.0 Å². The molecule has 2 heterocycles. The fraction of sp³-hybridized carbons (Fsp3) is 0.0500. The fourth-order valence-electron chi connectivity index (χ4n) is 2.51. The minimum Gasteiger partial charge on any atom is -0.340 e. The van der Waals surface area contributed by atoms with Crippen molar-refractivity contribution in [2.75, 3.05) is 5.32 Å². The lowest BCUT2D eigenvalue weighted by molar-refractivity contribution is 1.10. The summed E-state index contributed by atoms with van der Waals surface area (Å²) in [5, 5.41) is 6.42. The molecule has 5 heteroatoms. The summed E-state index contributed by atoms with van der Waals surface area (Å²) in [7, 11) is 0. The molecule has 0 fully saturated rings. The highest BCUT2D eigenvalue weighted by atomic mass is 32.1. The Bertz CT molecular complexity index is 978. The van der Waals surface area contributed by atoms with Crippen LogP contribution in [0, 0.1) is 6.92 Å². The molecule has 4 nitrogen and oxygen atoms in total. The third-order valence-electron chi connectivity index (χ3n) is 3.78. The first kappa shape index (κ1) is 15.5. The maximum atomic E-state index is 4.75. The number of aryl methyl sites for hydroxylation is 1. The molecule has 0 amide bonds. The molecule has 0 radical (unpaired) electrons. The molecule has 0 aliphatic carbocycles. The number of nitrogens with one attached hydrogen (secondary N) is 1. The largest absolute Gasteiger partial charge is 0.340 e. The molecular weight excluding hydrogens is 328 g/mol. The van der Waals surface area contributed by atoms with E-state index in [0.29, 0.717) is 0 Å². The van der Waals surface area contributed by atoms with Crippen molar-refractivity contribution >= 4 is 22.8 Å². The minimum absolute atomic E-state index is 0.792. The molecule has 0 aliphatic rings. The first-order valence-electron chi connectivity index (χ1n) is 7.95.